The van der Waals surface area contributed by atoms with Crippen LogP contribution >= 0.6 is 11.6 Å². The maximum Gasteiger partial charge on any atom is 0.112 e. The minimum atomic E-state index is -0.0850. The summed E-state index contributed by atoms with van der Waals surface area (Å²) >= 11 is 7.07. The van der Waals surface area contributed by atoms with Crippen LogP contribution in [0.4, 0.5) is 0 Å². The summed E-state index contributed by atoms with van der Waals surface area (Å²) < 4.78 is 0. The molecule has 1 aliphatic carbocycles. The van der Waals surface area contributed by atoms with E-state index in [4.69, 9.17) is 17.3 Å². The van der Waals surface area contributed by atoms with E-state index in [0.717, 1.165) is 32.4 Å². The number of nitrogens with zero attached hydrogens (tertiary/aromatic N) is 1. The van der Waals surface area contributed by atoms with Crippen LogP contribution in [0.2, 0.25) is 0 Å². The summed E-state index contributed by atoms with van der Waals surface area (Å²) in [6.07, 6.45) is 3.18. The highest BCUT2D eigenvalue weighted by molar-refractivity contribution is 6.23. The first-order valence-electron chi connectivity index (χ1n) is 8.82. The van der Waals surface area contributed by atoms with Crippen molar-refractivity contribution in [3.05, 3.63) is 59.2 Å². The van der Waals surface area contributed by atoms with Crippen LogP contribution in [0.5, 0.6) is 0 Å². The first kappa shape index (κ1) is 14.7. The molecule has 2 N–H and O–H groups in total. The summed E-state index contributed by atoms with van der Waals surface area (Å²) in [4.78, 5) is 2.40. The van der Waals surface area contributed by atoms with Crippen molar-refractivity contribution in [3.63, 3.8) is 0 Å². The first-order chi connectivity index (χ1) is 11.7. The molecule has 1 saturated heterocycles. The maximum absolute atomic E-state index is 7.07. The van der Waals surface area contributed by atoms with Gasteiger partial charge in [0.1, 0.15) is 5.50 Å². The number of fused-ring (bicyclic) bond motifs is 4. The highest BCUT2D eigenvalue weighted by atomic mass is 35.5. The van der Waals surface area contributed by atoms with E-state index >= 15 is 0 Å². The van der Waals surface area contributed by atoms with Crippen molar-refractivity contribution < 1.29 is 0 Å². The molecule has 1 heterocycles. The topological polar surface area (TPSA) is 29.3 Å². The molecule has 5 rings (SSSR count). The lowest BCUT2D eigenvalue weighted by Crippen LogP contribution is -2.40. The number of halogens is 1. The third-order valence-corrected chi connectivity index (χ3v) is 6.14. The third-order valence-electron chi connectivity index (χ3n) is 5.65. The van der Waals surface area contributed by atoms with Gasteiger partial charge in [0.2, 0.25) is 0 Å². The van der Waals surface area contributed by atoms with Crippen LogP contribution < -0.4 is 5.73 Å². The Morgan fingerprint density at radius 2 is 1.83 bits per heavy atom. The molecular formula is C21H21ClN2. The van der Waals surface area contributed by atoms with Gasteiger partial charge in [-0.25, -0.2) is 0 Å². The highest BCUT2D eigenvalue weighted by Crippen LogP contribution is 2.44. The van der Waals surface area contributed by atoms with Gasteiger partial charge in [-0.1, -0.05) is 36.4 Å². The minimum absolute atomic E-state index is 0.0850. The van der Waals surface area contributed by atoms with Crippen LogP contribution in [0.1, 0.15) is 35.0 Å². The van der Waals surface area contributed by atoms with Crippen LogP contribution in [0, 0.1) is 0 Å². The largest absolute Gasteiger partial charge is 0.328 e. The number of hydrogen-bond donors (Lipinski definition) is 1. The van der Waals surface area contributed by atoms with Crippen molar-refractivity contribution in [2.75, 3.05) is 13.1 Å². The van der Waals surface area contributed by atoms with E-state index in [2.05, 4.69) is 47.4 Å². The second kappa shape index (κ2) is 5.45. The summed E-state index contributed by atoms with van der Waals surface area (Å²) in [6, 6.07) is 15.8. The van der Waals surface area contributed by atoms with Crippen LogP contribution in [-0.2, 0) is 6.42 Å². The molecule has 1 unspecified atom stereocenters. The second-order valence-corrected chi connectivity index (χ2v) is 7.61. The van der Waals surface area contributed by atoms with E-state index in [0.29, 0.717) is 6.04 Å². The van der Waals surface area contributed by atoms with Crippen molar-refractivity contribution in [2.45, 2.75) is 30.8 Å². The number of hydrogen-bond acceptors (Lipinski definition) is 2. The van der Waals surface area contributed by atoms with Gasteiger partial charge in [0.25, 0.3) is 0 Å². The number of alkyl halides is 1. The molecule has 1 atom stereocenters. The lowest BCUT2D eigenvalue weighted by Gasteiger charge is -2.34. The fourth-order valence-electron chi connectivity index (χ4n) is 4.19. The van der Waals surface area contributed by atoms with Crippen LogP contribution in [0.15, 0.2) is 42.5 Å². The van der Waals surface area contributed by atoms with Crippen molar-refractivity contribution in [3.8, 4) is 0 Å². The Bertz CT molecular complexity index is 941. The molecule has 2 aliphatic rings. The van der Waals surface area contributed by atoms with E-state index in [9.17, 15) is 0 Å². The molecule has 3 aromatic carbocycles. The number of rotatable bonds is 2. The Hall–Kier alpha value is -1.61. The molecule has 1 aliphatic heterocycles. The second-order valence-electron chi connectivity index (χ2n) is 7.20. The number of benzene rings is 3. The van der Waals surface area contributed by atoms with Crippen LogP contribution in [0.25, 0.3) is 21.5 Å². The summed E-state index contributed by atoms with van der Waals surface area (Å²) in [5, 5.41) is 5.28. The molecule has 0 bridgehead atoms. The molecule has 0 aromatic heterocycles. The fraction of sp³-hybridized carbons (Fsp3) is 0.333. The van der Waals surface area contributed by atoms with Gasteiger partial charge in [0, 0.05) is 24.7 Å². The van der Waals surface area contributed by atoms with Gasteiger partial charge in [0.05, 0.1) is 0 Å². The zero-order chi connectivity index (χ0) is 16.3. The van der Waals surface area contributed by atoms with Crippen molar-refractivity contribution >= 4 is 33.1 Å². The zero-order valence-electron chi connectivity index (χ0n) is 13.6. The molecular weight excluding hydrogens is 316 g/mol. The number of likely N-dealkylation sites (tertiary alicyclic amines) is 1. The molecule has 3 heteroatoms. The number of piperidine rings is 1. The fourth-order valence-corrected chi connectivity index (χ4v) is 4.61. The molecule has 0 radical (unpaired) electrons. The minimum Gasteiger partial charge on any atom is -0.328 e. The van der Waals surface area contributed by atoms with E-state index in [1.807, 2.05) is 0 Å². The maximum atomic E-state index is 7.07. The van der Waals surface area contributed by atoms with Crippen molar-refractivity contribution in [2.24, 2.45) is 5.73 Å². The molecule has 2 nitrogen and oxygen atoms in total. The average Bonchev–Trinajstić information content (AvgIpc) is 3.40. The molecule has 1 fully saturated rings. The quantitative estimate of drug-likeness (QED) is 0.330. The van der Waals surface area contributed by atoms with Crippen LogP contribution in [0.3, 0.4) is 0 Å². The summed E-state index contributed by atoms with van der Waals surface area (Å²) in [6.45, 7) is 1.96. The lowest BCUT2D eigenvalue weighted by molar-refractivity contribution is 0.198. The van der Waals surface area contributed by atoms with Gasteiger partial charge < -0.3 is 5.73 Å². The van der Waals surface area contributed by atoms with E-state index in [-0.39, 0.29) is 5.50 Å². The standard InChI is InChI=1S/C21H21ClN2/c22-21(24-9-7-16(23)8-10-24)20-17-4-2-1-3-13(17)11-15-6-5-14-12-18(14)19(15)20/h1-6,11,16,21H,7-10,12,23H2. The average molecular weight is 337 g/mol. The van der Waals surface area contributed by atoms with E-state index in [1.165, 1.54) is 38.2 Å². The van der Waals surface area contributed by atoms with Gasteiger partial charge in [0.15, 0.2) is 0 Å². The summed E-state index contributed by atoms with van der Waals surface area (Å²) in [5.74, 6) is 0. The third kappa shape index (κ3) is 2.25. The Balaban J connectivity index is 1.73. The molecule has 0 saturated carbocycles. The SMILES string of the molecule is NC1CCN(C(Cl)c2c3ccccc3cc3ccc4c(c23)C4)CC1. The Labute approximate surface area is 147 Å². The summed E-state index contributed by atoms with van der Waals surface area (Å²) in [7, 11) is 0. The molecule has 0 amide bonds. The van der Waals surface area contributed by atoms with Gasteiger partial charge >= 0.3 is 0 Å². The van der Waals surface area contributed by atoms with Crippen LogP contribution in [-0.4, -0.2) is 24.0 Å². The molecule has 3 aromatic rings. The number of nitrogens with two attached hydrogens (primary N) is 1. The predicted molar refractivity (Wildman–Crippen MR) is 102 cm³/mol. The summed E-state index contributed by atoms with van der Waals surface area (Å²) in [5.41, 5.74) is 10.3. The smallest absolute Gasteiger partial charge is 0.112 e. The van der Waals surface area contributed by atoms with Gasteiger partial charge in [-0.2, -0.15) is 0 Å². The highest BCUT2D eigenvalue weighted by Gasteiger charge is 2.29. The molecule has 122 valence electrons. The molecule has 24 heavy (non-hydrogen) atoms. The normalized spacial score (nSPS) is 19.6. The van der Waals surface area contributed by atoms with Gasteiger partial charge in [-0.05, 0) is 58.0 Å². The Morgan fingerprint density at radius 1 is 1.04 bits per heavy atom. The zero-order valence-corrected chi connectivity index (χ0v) is 14.4. The lowest BCUT2D eigenvalue weighted by atomic mass is 9.95. The Kier molecular flexibility index (Phi) is 3.34. The van der Waals surface area contributed by atoms with E-state index < -0.39 is 0 Å². The van der Waals surface area contributed by atoms with Crippen molar-refractivity contribution in [1.29, 1.82) is 0 Å². The monoisotopic (exact) mass is 336 g/mol. The van der Waals surface area contributed by atoms with Gasteiger partial charge in [-0.15, -0.1) is 11.6 Å². The van der Waals surface area contributed by atoms with E-state index in [1.54, 1.807) is 0 Å². The van der Waals surface area contributed by atoms with Crippen molar-refractivity contribution in [1.82, 2.24) is 4.90 Å². The van der Waals surface area contributed by atoms with Gasteiger partial charge in [-0.3, -0.25) is 4.90 Å². The first-order valence-corrected chi connectivity index (χ1v) is 9.26. The molecule has 0 spiro atoms. The predicted octanol–water partition coefficient (Wildman–Crippen LogP) is 4.56. The Morgan fingerprint density at radius 3 is 2.67 bits per heavy atom.